The molecule has 5 aromatic rings. The van der Waals surface area contributed by atoms with Gasteiger partial charge in [0.05, 0.1) is 23.3 Å². The number of fused-ring (bicyclic) bond motifs is 6. The van der Waals surface area contributed by atoms with Crippen molar-refractivity contribution in [3.8, 4) is 68.8 Å². The number of allylic oxidation sites excluding steroid dienone is 1. The van der Waals surface area contributed by atoms with Crippen molar-refractivity contribution in [1.29, 1.82) is 21.0 Å². The van der Waals surface area contributed by atoms with Gasteiger partial charge in [-0.2, -0.15) is 47.4 Å². The van der Waals surface area contributed by atoms with Gasteiger partial charge in [-0.15, -0.1) is 0 Å². The Morgan fingerprint density at radius 1 is 0.480 bits per heavy atom. The van der Waals surface area contributed by atoms with Crippen LogP contribution < -0.4 is 0 Å². The van der Waals surface area contributed by atoms with E-state index < -0.39 is 35.3 Å². The minimum atomic E-state index is -4.50. The van der Waals surface area contributed by atoms with Gasteiger partial charge < -0.3 is 0 Å². The molecule has 0 saturated heterocycles. The number of hydrogen-bond donors (Lipinski definition) is 0. The SMILES string of the molecule is N#CC(C#N)=C1c2cc(-c3ccc(C(F)(F)F)cc3)ccc2-c2cc3c(cc21)C(C(C#N)C#N)c1cc(-c2ccc(C(F)(F)F)cc2)ccc1-3. The average Bonchev–Trinajstić information content (AvgIpc) is 3.59. The number of nitrogens with zero attached hydrogens (tertiary/aromatic N) is 4. The average molecular weight is 669 g/mol. The lowest BCUT2D eigenvalue weighted by atomic mass is 9.83. The Bertz CT molecular complexity index is 2410. The summed E-state index contributed by atoms with van der Waals surface area (Å²) in [6.45, 7) is 0. The second-order valence-electron chi connectivity index (χ2n) is 11.9. The molecular weight excluding hydrogens is 650 g/mol. The summed E-state index contributed by atoms with van der Waals surface area (Å²) in [6.07, 6.45) is -9.00. The van der Waals surface area contributed by atoms with E-state index in [4.69, 9.17) is 0 Å². The highest BCUT2D eigenvalue weighted by Gasteiger charge is 2.39. The molecule has 0 fully saturated rings. The summed E-state index contributed by atoms with van der Waals surface area (Å²) in [7, 11) is 0. The normalized spacial score (nSPS) is 14.1. The van der Waals surface area contributed by atoms with Crippen molar-refractivity contribution in [3.63, 3.8) is 0 Å². The van der Waals surface area contributed by atoms with Crippen LogP contribution in [0.15, 0.2) is 103 Å². The van der Waals surface area contributed by atoms with Gasteiger partial charge in [-0.25, -0.2) is 0 Å². The highest BCUT2D eigenvalue weighted by atomic mass is 19.4. The van der Waals surface area contributed by atoms with Crippen LogP contribution in [0.2, 0.25) is 0 Å². The molecule has 7 rings (SSSR count). The van der Waals surface area contributed by atoms with Gasteiger partial charge >= 0.3 is 12.4 Å². The van der Waals surface area contributed by atoms with Gasteiger partial charge in [0.25, 0.3) is 0 Å². The van der Waals surface area contributed by atoms with Crippen LogP contribution >= 0.6 is 0 Å². The van der Waals surface area contributed by atoms with Crippen molar-refractivity contribution in [2.24, 2.45) is 5.92 Å². The highest BCUT2D eigenvalue weighted by Crippen LogP contribution is 2.55. The van der Waals surface area contributed by atoms with Crippen LogP contribution in [0.3, 0.4) is 0 Å². The highest BCUT2D eigenvalue weighted by molar-refractivity contribution is 6.07. The Balaban J connectivity index is 1.39. The van der Waals surface area contributed by atoms with Crippen molar-refractivity contribution in [3.05, 3.63) is 136 Å². The van der Waals surface area contributed by atoms with E-state index in [1.165, 1.54) is 24.3 Å². The molecule has 240 valence electrons. The molecule has 1 unspecified atom stereocenters. The lowest BCUT2D eigenvalue weighted by Gasteiger charge is -2.16. The van der Waals surface area contributed by atoms with E-state index >= 15 is 0 Å². The second-order valence-corrected chi connectivity index (χ2v) is 11.9. The first-order valence-electron chi connectivity index (χ1n) is 15.0. The molecule has 2 aliphatic rings. The summed E-state index contributed by atoms with van der Waals surface area (Å²) in [5, 5.41) is 40.1. The number of benzene rings is 5. The minimum Gasteiger partial charge on any atom is -0.197 e. The fourth-order valence-electron chi connectivity index (χ4n) is 6.91. The summed E-state index contributed by atoms with van der Waals surface area (Å²) in [6, 6.07) is 31.6. The predicted octanol–water partition coefficient (Wildman–Crippen LogP) is 10.7. The van der Waals surface area contributed by atoms with Crippen LogP contribution in [0.1, 0.15) is 39.3 Å². The van der Waals surface area contributed by atoms with E-state index in [9.17, 15) is 47.4 Å². The van der Waals surface area contributed by atoms with Gasteiger partial charge in [0.1, 0.15) is 23.6 Å². The molecule has 0 amide bonds. The third-order valence-electron chi connectivity index (χ3n) is 9.23. The zero-order valence-corrected chi connectivity index (χ0v) is 25.4. The molecule has 1 atom stereocenters. The maximum atomic E-state index is 13.2. The number of rotatable bonds is 3. The van der Waals surface area contributed by atoms with E-state index in [2.05, 4.69) is 12.1 Å². The molecule has 0 aliphatic heterocycles. The summed E-state index contributed by atoms with van der Waals surface area (Å²) in [5.41, 5.74) is 5.82. The number of nitriles is 4. The van der Waals surface area contributed by atoms with Gasteiger partial charge in [0.15, 0.2) is 0 Å². The fourth-order valence-corrected chi connectivity index (χ4v) is 6.91. The van der Waals surface area contributed by atoms with Crippen molar-refractivity contribution >= 4 is 5.57 Å². The monoisotopic (exact) mass is 668 g/mol. The van der Waals surface area contributed by atoms with E-state index in [1.807, 2.05) is 18.2 Å². The largest absolute Gasteiger partial charge is 0.416 e. The maximum absolute atomic E-state index is 13.2. The first-order valence-corrected chi connectivity index (χ1v) is 15.0. The minimum absolute atomic E-state index is 0.191. The van der Waals surface area contributed by atoms with Gasteiger partial charge in [-0.3, -0.25) is 0 Å². The smallest absolute Gasteiger partial charge is 0.197 e. The van der Waals surface area contributed by atoms with E-state index in [0.717, 1.165) is 29.8 Å². The summed E-state index contributed by atoms with van der Waals surface area (Å²) >= 11 is 0. The Hall–Kier alpha value is -6.62. The Morgan fingerprint density at radius 3 is 1.44 bits per heavy atom. The lowest BCUT2D eigenvalue weighted by molar-refractivity contribution is -0.138. The summed E-state index contributed by atoms with van der Waals surface area (Å²) in [4.78, 5) is 0. The maximum Gasteiger partial charge on any atom is 0.416 e. The van der Waals surface area contributed by atoms with Crippen LogP contribution in [0, 0.1) is 51.2 Å². The van der Waals surface area contributed by atoms with Gasteiger partial charge in [0.2, 0.25) is 0 Å². The molecule has 0 aromatic heterocycles. The summed E-state index contributed by atoms with van der Waals surface area (Å²) in [5.74, 6) is -1.90. The molecule has 50 heavy (non-hydrogen) atoms. The molecule has 10 heteroatoms. The molecule has 0 radical (unpaired) electrons. The van der Waals surface area contributed by atoms with Crippen LogP contribution in [0.5, 0.6) is 0 Å². The molecule has 0 heterocycles. The Morgan fingerprint density at radius 2 is 0.940 bits per heavy atom. The van der Waals surface area contributed by atoms with Gasteiger partial charge in [0, 0.05) is 11.5 Å². The molecule has 0 spiro atoms. The van der Waals surface area contributed by atoms with Crippen LogP contribution in [-0.4, -0.2) is 0 Å². The van der Waals surface area contributed by atoms with Crippen molar-refractivity contribution in [1.82, 2.24) is 0 Å². The second kappa shape index (κ2) is 11.5. The Kier molecular flexibility index (Phi) is 7.36. The van der Waals surface area contributed by atoms with Gasteiger partial charge in [-0.1, -0.05) is 48.5 Å². The van der Waals surface area contributed by atoms with Crippen LogP contribution in [-0.2, 0) is 12.4 Å². The first kappa shape index (κ1) is 32.0. The quantitative estimate of drug-likeness (QED) is 0.138. The lowest BCUT2D eigenvalue weighted by Crippen LogP contribution is -2.09. The van der Waals surface area contributed by atoms with E-state index in [-0.39, 0.29) is 5.57 Å². The molecule has 0 bridgehead atoms. The third-order valence-corrected chi connectivity index (χ3v) is 9.23. The molecule has 0 N–H and O–H groups in total. The number of hydrogen-bond acceptors (Lipinski definition) is 4. The molecular formula is C40H18F6N4. The number of halogens is 6. The first-order chi connectivity index (χ1) is 23.9. The molecule has 2 aliphatic carbocycles. The van der Waals surface area contributed by atoms with Crippen LogP contribution in [0.4, 0.5) is 26.3 Å². The third kappa shape index (κ3) is 5.07. The van der Waals surface area contributed by atoms with Crippen molar-refractivity contribution < 1.29 is 26.3 Å². The molecule has 4 nitrogen and oxygen atoms in total. The van der Waals surface area contributed by atoms with Crippen LogP contribution in [0.25, 0.3) is 50.1 Å². The number of alkyl halides is 6. The fraction of sp³-hybridized carbons (Fsp3) is 0.100. The molecule has 5 aromatic carbocycles. The van der Waals surface area contributed by atoms with E-state index in [1.54, 1.807) is 42.5 Å². The van der Waals surface area contributed by atoms with Crippen molar-refractivity contribution in [2.45, 2.75) is 18.3 Å². The standard InChI is InChI=1S/C40H18F6N4/c41-39(42,43)27-7-1-21(2-8-27)23-5-11-29-31-15-32-30-12-6-24(22-3-9-28(10-4-22)40(44,45)46)14-34(30)38(26(19-49)20-50)36(32)16-35(31)37(33(29)13-23)25(17-47)18-48/h1-16,25,37H. The summed E-state index contributed by atoms with van der Waals surface area (Å²) < 4.78 is 79.2. The van der Waals surface area contributed by atoms with Gasteiger partial charge in [-0.05, 0) is 115 Å². The Labute approximate surface area is 281 Å². The zero-order valence-electron chi connectivity index (χ0n) is 25.4. The molecule has 0 saturated carbocycles. The topological polar surface area (TPSA) is 95.2 Å². The zero-order chi connectivity index (χ0) is 35.5. The van der Waals surface area contributed by atoms with Crippen molar-refractivity contribution in [2.75, 3.05) is 0 Å². The predicted molar refractivity (Wildman–Crippen MR) is 172 cm³/mol. The van der Waals surface area contributed by atoms with E-state index in [0.29, 0.717) is 66.8 Å².